The van der Waals surface area contributed by atoms with Gasteiger partial charge in [0.25, 0.3) is 11.8 Å². The van der Waals surface area contributed by atoms with Crippen LogP contribution < -0.4 is 5.32 Å². The Hall–Kier alpha value is -2.12. The Morgan fingerprint density at radius 1 is 1.03 bits per heavy atom. The maximum absolute atomic E-state index is 11.9. The first-order valence-corrected chi connectivity index (χ1v) is 11.8. The number of carbonyl (C=O) groups excluding carboxylic acids is 3. The number of ether oxygens (including phenoxy) is 5. The summed E-state index contributed by atoms with van der Waals surface area (Å²) in [5, 5.41) is 3.68. The largest absolute Gasteiger partial charge is 0.484 e. The van der Waals surface area contributed by atoms with E-state index in [4.69, 9.17) is 28.5 Å². The Labute approximate surface area is 201 Å². The molecule has 2 amide bonds. The quantitative estimate of drug-likeness (QED) is 0.0766. The van der Waals surface area contributed by atoms with E-state index in [0.29, 0.717) is 51.4 Å². The summed E-state index contributed by atoms with van der Waals surface area (Å²) in [6.07, 6.45) is 2.70. The van der Waals surface area contributed by atoms with Gasteiger partial charge in [-0.1, -0.05) is 0 Å². The van der Waals surface area contributed by atoms with Crippen LogP contribution in [0.5, 0.6) is 0 Å². The number of aliphatic imine (C=N–C) groups is 1. The first-order valence-electron chi connectivity index (χ1n) is 11.8. The number of hydroxylamine groups is 2. The van der Waals surface area contributed by atoms with Crippen LogP contribution in [0.1, 0.15) is 46.0 Å². The van der Waals surface area contributed by atoms with Crippen molar-refractivity contribution in [3.05, 3.63) is 0 Å². The molecule has 0 saturated carbocycles. The Bertz CT molecular complexity index is 588. The zero-order valence-electron chi connectivity index (χ0n) is 20.3. The Morgan fingerprint density at radius 3 is 2.47 bits per heavy atom. The molecular weight excluding hydrogens is 450 g/mol. The lowest BCUT2D eigenvalue weighted by atomic mass is 10.3. The summed E-state index contributed by atoms with van der Waals surface area (Å²) in [5.41, 5.74) is 0. The zero-order valence-corrected chi connectivity index (χ0v) is 20.3. The first-order chi connectivity index (χ1) is 16.6. The molecule has 1 unspecified atom stereocenters. The predicted octanol–water partition coefficient (Wildman–Crippen LogP) is 0.831. The standard InChI is InChI=1S/C22H39N3O9/c1-3-29-17-23-10-5-12-31-15-19(33-13-6-11-24-18-30-4-2)16-32-14-9-22(28)34-25-20(26)7-8-21(25)27/h17,19,24H,3-16,18H2,1-2H3/b23-17+. The summed E-state index contributed by atoms with van der Waals surface area (Å²) in [4.78, 5) is 43.7. The number of nitrogens with zero attached hydrogens (tertiary/aromatic N) is 2. The van der Waals surface area contributed by atoms with E-state index in [1.807, 2.05) is 13.8 Å². The van der Waals surface area contributed by atoms with E-state index >= 15 is 0 Å². The molecule has 12 nitrogen and oxygen atoms in total. The third-order valence-corrected chi connectivity index (χ3v) is 4.41. The molecule has 0 aromatic rings. The number of rotatable bonds is 22. The van der Waals surface area contributed by atoms with Crippen LogP contribution in [-0.4, -0.2) is 101 Å². The molecule has 0 spiro atoms. The molecule has 0 aromatic heterocycles. The summed E-state index contributed by atoms with van der Waals surface area (Å²) in [7, 11) is 0. The van der Waals surface area contributed by atoms with Gasteiger partial charge in [-0.3, -0.25) is 19.9 Å². The second kappa shape index (κ2) is 20.3. The van der Waals surface area contributed by atoms with Crippen LogP contribution in [0, 0.1) is 0 Å². The van der Waals surface area contributed by atoms with Crippen molar-refractivity contribution in [1.82, 2.24) is 10.4 Å². The average Bonchev–Trinajstić information content (AvgIpc) is 3.14. The summed E-state index contributed by atoms with van der Waals surface area (Å²) < 4.78 is 27.3. The van der Waals surface area contributed by atoms with Crippen molar-refractivity contribution in [3.63, 3.8) is 0 Å². The van der Waals surface area contributed by atoms with Gasteiger partial charge in [0.15, 0.2) is 6.40 Å². The maximum atomic E-state index is 11.9. The van der Waals surface area contributed by atoms with E-state index in [9.17, 15) is 14.4 Å². The first kappa shape index (κ1) is 29.9. The second-order valence-corrected chi connectivity index (χ2v) is 7.25. The number of hydrogen-bond acceptors (Lipinski definition) is 11. The van der Waals surface area contributed by atoms with Gasteiger partial charge in [0.2, 0.25) is 0 Å². The normalized spacial score (nSPS) is 14.8. The van der Waals surface area contributed by atoms with Crippen molar-refractivity contribution < 1.29 is 42.9 Å². The molecule has 1 saturated heterocycles. The van der Waals surface area contributed by atoms with Crippen LogP contribution in [0.25, 0.3) is 0 Å². The highest BCUT2D eigenvalue weighted by atomic mass is 16.7. The molecule has 0 aliphatic carbocycles. The Balaban J connectivity index is 2.25. The molecule has 12 heteroatoms. The molecule has 0 bridgehead atoms. The molecule has 196 valence electrons. The lowest BCUT2D eigenvalue weighted by Gasteiger charge is -2.18. The Morgan fingerprint density at radius 2 is 1.76 bits per heavy atom. The molecule has 0 aromatic carbocycles. The van der Waals surface area contributed by atoms with E-state index in [1.54, 1.807) is 0 Å². The summed E-state index contributed by atoms with van der Waals surface area (Å²) in [6.45, 7) is 8.61. The van der Waals surface area contributed by atoms with Gasteiger partial charge in [0.1, 0.15) is 6.10 Å². The minimum absolute atomic E-state index is 0.0572. The van der Waals surface area contributed by atoms with E-state index in [0.717, 1.165) is 19.4 Å². The molecule has 1 heterocycles. The smallest absolute Gasteiger partial charge is 0.335 e. The van der Waals surface area contributed by atoms with E-state index < -0.39 is 17.8 Å². The Kier molecular flexibility index (Phi) is 17.8. The topological polar surface area (TPSA) is 134 Å². The van der Waals surface area contributed by atoms with Gasteiger partial charge in [-0.15, -0.1) is 5.06 Å². The van der Waals surface area contributed by atoms with Crippen LogP contribution in [-0.2, 0) is 42.9 Å². The number of hydrogen-bond donors (Lipinski definition) is 1. The van der Waals surface area contributed by atoms with E-state index in [2.05, 4.69) is 10.3 Å². The van der Waals surface area contributed by atoms with Crippen LogP contribution in [0.15, 0.2) is 4.99 Å². The fourth-order valence-corrected chi connectivity index (χ4v) is 2.67. The number of amides is 2. The third kappa shape index (κ3) is 14.9. The zero-order chi connectivity index (χ0) is 24.9. The van der Waals surface area contributed by atoms with Crippen LogP contribution in [0.3, 0.4) is 0 Å². The lowest BCUT2D eigenvalue weighted by Crippen LogP contribution is -2.32. The fourth-order valence-electron chi connectivity index (χ4n) is 2.67. The molecule has 1 aliphatic heterocycles. The minimum atomic E-state index is -0.703. The molecular formula is C22H39N3O9. The van der Waals surface area contributed by atoms with Crippen molar-refractivity contribution in [3.8, 4) is 0 Å². The van der Waals surface area contributed by atoms with Crippen LogP contribution >= 0.6 is 0 Å². The number of nitrogens with one attached hydrogen (secondary N) is 1. The van der Waals surface area contributed by atoms with Gasteiger partial charge in [-0.2, -0.15) is 0 Å². The van der Waals surface area contributed by atoms with Crippen LogP contribution in [0.2, 0.25) is 0 Å². The van der Waals surface area contributed by atoms with Gasteiger partial charge in [0, 0.05) is 39.2 Å². The van der Waals surface area contributed by atoms with Gasteiger partial charge in [-0.05, 0) is 33.2 Å². The van der Waals surface area contributed by atoms with Crippen molar-refractivity contribution in [2.24, 2.45) is 4.99 Å². The van der Waals surface area contributed by atoms with Crippen molar-refractivity contribution in [2.45, 2.75) is 52.1 Å². The van der Waals surface area contributed by atoms with Crippen molar-refractivity contribution >= 4 is 24.2 Å². The van der Waals surface area contributed by atoms with Crippen LogP contribution in [0.4, 0.5) is 0 Å². The highest BCUT2D eigenvalue weighted by Gasteiger charge is 2.32. The highest BCUT2D eigenvalue weighted by Crippen LogP contribution is 2.12. The van der Waals surface area contributed by atoms with Gasteiger partial charge in [0.05, 0.1) is 39.6 Å². The van der Waals surface area contributed by atoms with Gasteiger partial charge in [-0.25, -0.2) is 4.79 Å². The summed E-state index contributed by atoms with van der Waals surface area (Å²) >= 11 is 0. The average molecular weight is 490 g/mol. The molecule has 1 aliphatic rings. The number of carbonyl (C=O) groups is 3. The molecule has 1 N–H and O–H groups in total. The minimum Gasteiger partial charge on any atom is -0.484 e. The van der Waals surface area contributed by atoms with Gasteiger partial charge < -0.3 is 28.5 Å². The van der Waals surface area contributed by atoms with E-state index in [1.165, 1.54) is 6.40 Å². The number of imide groups is 1. The maximum Gasteiger partial charge on any atom is 0.335 e. The third-order valence-electron chi connectivity index (χ3n) is 4.41. The monoisotopic (exact) mass is 489 g/mol. The lowest BCUT2D eigenvalue weighted by molar-refractivity contribution is -0.198. The van der Waals surface area contributed by atoms with Gasteiger partial charge >= 0.3 is 5.97 Å². The fraction of sp³-hybridized carbons (Fsp3) is 0.818. The summed E-state index contributed by atoms with van der Waals surface area (Å²) in [5.74, 6) is -1.72. The molecule has 1 rings (SSSR count). The second-order valence-electron chi connectivity index (χ2n) is 7.25. The highest BCUT2D eigenvalue weighted by molar-refractivity contribution is 6.01. The summed E-state index contributed by atoms with van der Waals surface area (Å²) in [6, 6.07) is 0. The predicted molar refractivity (Wildman–Crippen MR) is 122 cm³/mol. The SMILES string of the molecule is CCO/C=N/CCCOCC(COCCC(=O)ON1C(=O)CCC1=O)OCCCNCOCC. The molecule has 34 heavy (non-hydrogen) atoms. The molecule has 1 fully saturated rings. The molecule has 0 radical (unpaired) electrons. The van der Waals surface area contributed by atoms with E-state index in [-0.39, 0.29) is 38.6 Å². The molecule has 1 atom stereocenters. The van der Waals surface area contributed by atoms with Crippen molar-refractivity contribution in [2.75, 3.05) is 66.1 Å². The van der Waals surface area contributed by atoms with Crippen molar-refractivity contribution in [1.29, 1.82) is 0 Å².